The van der Waals surface area contributed by atoms with Crippen LogP contribution in [0.5, 0.6) is 11.5 Å². The van der Waals surface area contributed by atoms with Crippen molar-refractivity contribution in [2.75, 3.05) is 24.7 Å². The van der Waals surface area contributed by atoms with Crippen molar-refractivity contribution in [3.63, 3.8) is 0 Å². The number of fused-ring (bicyclic) bond motifs is 3. The van der Waals surface area contributed by atoms with Gasteiger partial charge in [0.25, 0.3) is 0 Å². The largest absolute Gasteiger partial charge is 0.496 e. The summed E-state index contributed by atoms with van der Waals surface area (Å²) in [6.45, 7) is 0.0838. The standard InChI is InChI=1S/C23H28N2O7S/c1-30-19-6-4-3-5-14(19)12-24-22(27)11-16-10-18-17-9-15(25-33(2,28)29)7-8-20(17)32-23(18)21(13-26)31-16/h3-9,16,18,21,23,25-26H,10-13H2,1-2H3,(H,24,27)/t16-,18-,21-,23+/m0/s1. The van der Waals surface area contributed by atoms with Gasteiger partial charge in [-0.3, -0.25) is 9.52 Å². The molecule has 1 fully saturated rings. The van der Waals surface area contributed by atoms with E-state index in [2.05, 4.69) is 10.0 Å². The zero-order valence-electron chi connectivity index (χ0n) is 18.5. The molecule has 2 aliphatic heterocycles. The van der Waals surface area contributed by atoms with Gasteiger partial charge in [0.15, 0.2) is 0 Å². The number of nitrogens with one attached hydrogen (secondary N) is 2. The number of hydrogen-bond acceptors (Lipinski definition) is 7. The number of amides is 1. The average Bonchev–Trinajstić information content (AvgIpc) is 3.14. The zero-order chi connectivity index (χ0) is 23.6. The van der Waals surface area contributed by atoms with Gasteiger partial charge in [-0.25, -0.2) is 8.42 Å². The second-order valence-corrected chi connectivity index (χ2v) is 10.1. The Morgan fingerprint density at radius 1 is 1.24 bits per heavy atom. The Labute approximate surface area is 193 Å². The normalized spacial score (nSPS) is 23.7. The van der Waals surface area contributed by atoms with Crippen molar-refractivity contribution in [1.29, 1.82) is 0 Å². The maximum atomic E-state index is 12.6. The number of rotatable bonds is 8. The van der Waals surface area contributed by atoms with Crippen LogP contribution in [0.15, 0.2) is 42.5 Å². The first-order valence-corrected chi connectivity index (χ1v) is 12.6. The number of sulfonamides is 1. The van der Waals surface area contributed by atoms with E-state index in [1.54, 1.807) is 25.3 Å². The third-order valence-corrected chi connectivity index (χ3v) is 6.49. The van der Waals surface area contributed by atoms with Crippen LogP contribution in [0.1, 0.15) is 29.9 Å². The van der Waals surface area contributed by atoms with E-state index in [-0.39, 0.29) is 24.9 Å². The summed E-state index contributed by atoms with van der Waals surface area (Å²) in [7, 11) is -1.83. The second-order valence-electron chi connectivity index (χ2n) is 8.32. The Morgan fingerprint density at radius 3 is 2.76 bits per heavy atom. The number of anilines is 1. The molecular formula is C23H28N2O7S. The van der Waals surface area contributed by atoms with Crippen LogP contribution in [0.4, 0.5) is 5.69 Å². The van der Waals surface area contributed by atoms with Gasteiger partial charge in [0.2, 0.25) is 15.9 Å². The maximum absolute atomic E-state index is 12.6. The molecule has 0 aromatic heterocycles. The van der Waals surface area contributed by atoms with Gasteiger partial charge >= 0.3 is 0 Å². The molecule has 9 nitrogen and oxygen atoms in total. The van der Waals surface area contributed by atoms with Gasteiger partial charge in [0.1, 0.15) is 23.7 Å². The van der Waals surface area contributed by atoms with Crippen LogP contribution in [0.2, 0.25) is 0 Å². The van der Waals surface area contributed by atoms with Gasteiger partial charge < -0.3 is 24.6 Å². The van der Waals surface area contributed by atoms with Crippen LogP contribution in [-0.2, 0) is 26.1 Å². The topological polar surface area (TPSA) is 123 Å². The molecule has 0 spiro atoms. The number of carbonyl (C=O) groups is 1. The number of para-hydroxylation sites is 1. The molecule has 2 aliphatic rings. The zero-order valence-corrected chi connectivity index (χ0v) is 19.3. The summed E-state index contributed by atoms with van der Waals surface area (Å²) in [5.41, 5.74) is 2.16. The minimum Gasteiger partial charge on any atom is -0.496 e. The quantitative estimate of drug-likeness (QED) is 0.531. The predicted octanol–water partition coefficient (Wildman–Crippen LogP) is 1.77. The monoisotopic (exact) mass is 476 g/mol. The van der Waals surface area contributed by atoms with Crippen LogP contribution >= 0.6 is 0 Å². The molecule has 0 bridgehead atoms. The Hall–Kier alpha value is -2.82. The van der Waals surface area contributed by atoms with E-state index < -0.39 is 28.3 Å². The van der Waals surface area contributed by atoms with Gasteiger partial charge in [-0.1, -0.05) is 18.2 Å². The average molecular weight is 477 g/mol. The first kappa shape index (κ1) is 23.3. The van der Waals surface area contributed by atoms with Crippen molar-refractivity contribution in [3.8, 4) is 11.5 Å². The Morgan fingerprint density at radius 2 is 2.03 bits per heavy atom. The Balaban J connectivity index is 1.44. The molecule has 0 radical (unpaired) electrons. The van der Waals surface area contributed by atoms with E-state index in [0.29, 0.717) is 30.2 Å². The number of ether oxygens (including phenoxy) is 3. The van der Waals surface area contributed by atoms with E-state index in [4.69, 9.17) is 14.2 Å². The van der Waals surface area contributed by atoms with Crippen molar-refractivity contribution in [2.45, 2.75) is 43.6 Å². The van der Waals surface area contributed by atoms with Crippen LogP contribution in [0.3, 0.4) is 0 Å². The molecule has 33 heavy (non-hydrogen) atoms. The highest BCUT2D eigenvalue weighted by atomic mass is 32.2. The Bertz CT molecular complexity index is 1120. The van der Waals surface area contributed by atoms with Gasteiger partial charge in [-0.15, -0.1) is 0 Å². The van der Waals surface area contributed by atoms with Crippen LogP contribution < -0.4 is 19.5 Å². The van der Waals surface area contributed by atoms with Crippen LogP contribution in [-0.4, -0.2) is 57.7 Å². The van der Waals surface area contributed by atoms with E-state index in [0.717, 1.165) is 17.4 Å². The highest BCUT2D eigenvalue weighted by Crippen LogP contribution is 2.47. The summed E-state index contributed by atoms with van der Waals surface area (Å²) in [6, 6.07) is 12.6. The molecule has 4 atom stereocenters. The fourth-order valence-electron chi connectivity index (χ4n) is 4.49. The molecule has 4 rings (SSSR count). The van der Waals surface area contributed by atoms with Crippen LogP contribution in [0, 0.1) is 0 Å². The molecule has 2 aromatic rings. The maximum Gasteiger partial charge on any atom is 0.229 e. The number of aliphatic hydroxyl groups is 1. The molecule has 2 heterocycles. The lowest BCUT2D eigenvalue weighted by Crippen LogP contribution is -2.47. The summed E-state index contributed by atoms with van der Waals surface area (Å²) in [4.78, 5) is 12.6. The molecule has 0 unspecified atom stereocenters. The lowest BCUT2D eigenvalue weighted by molar-refractivity contribution is -0.142. The summed E-state index contributed by atoms with van der Waals surface area (Å²) in [5.74, 6) is 1.03. The lowest BCUT2D eigenvalue weighted by atomic mass is 9.84. The summed E-state index contributed by atoms with van der Waals surface area (Å²) >= 11 is 0. The molecule has 10 heteroatoms. The summed E-state index contributed by atoms with van der Waals surface area (Å²) in [6.07, 6.45) is 0.336. The minimum absolute atomic E-state index is 0.126. The van der Waals surface area contributed by atoms with Crippen molar-refractivity contribution in [1.82, 2.24) is 5.32 Å². The number of carbonyl (C=O) groups excluding carboxylic acids is 1. The molecular weight excluding hydrogens is 448 g/mol. The number of hydrogen-bond donors (Lipinski definition) is 3. The Kier molecular flexibility index (Phi) is 6.78. The highest BCUT2D eigenvalue weighted by Gasteiger charge is 2.46. The molecule has 0 aliphatic carbocycles. The summed E-state index contributed by atoms with van der Waals surface area (Å²) < 4.78 is 43.0. The molecule has 2 aromatic carbocycles. The third kappa shape index (κ3) is 5.40. The first-order chi connectivity index (χ1) is 15.8. The van der Waals surface area contributed by atoms with Crippen LogP contribution in [0.25, 0.3) is 0 Å². The van der Waals surface area contributed by atoms with Crippen molar-refractivity contribution >= 4 is 21.6 Å². The molecule has 0 saturated carbocycles. The van der Waals surface area contributed by atoms with Gasteiger partial charge in [-0.05, 0) is 30.7 Å². The molecule has 1 amide bonds. The van der Waals surface area contributed by atoms with Gasteiger partial charge in [0.05, 0.1) is 32.5 Å². The third-order valence-electron chi connectivity index (χ3n) is 5.88. The van der Waals surface area contributed by atoms with Crippen molar-refractivity contribution < 1.29 is 32.5 Å². The highest BCUT2D eigenvalue weighted by molar-refractivity contribution is 7.92. The van der Waals surface area contributed by atoms with Gasteiger partial charge in [0, 0.05) is 29.3 Å². The predicted molar refractivity (Wildman–Crippen MR) is 122 cm³/mol. The first-order valence-electron chi connectivity index (χ1n) is 10.7. The molecule has 1 saturated heterocycles. The van der Waals surface area contributed by atoms with Gasteiger partial charge in [-0.2, -0.15) is 0 Å². The lowest BCUT2D eigenvalue weighted by Gasteiger charge is -2.37. The number of benzene rings is 2. The number of aliphatic hydroxyl groups excluding tert-OH is 1. The molecule has 3 N–H and O–H groups in total. The van der Waals surface area contributed by atoms with E-state index in [1.807, 2.05) is 24.3 Å². The summed E-state index contributed by atoms with van der Waals surface area (Å²) in [5, 5.41) is 12.8. The van der Waals surface area contributed by atoms with E-state index in [9.17, 15) is 18.3 Å². The SMILES string of the molecule is COc1ccccc1CNC(=O)C[C@@H]1C[C@H]2c3cc(NS(C)(=O)=O)ccc3O[C@H]2[C@H](CO)O1. The molecule has 178 valence electrons. The van der Waals surface area contributed by atoms with Crippen molar-refractivity contribution in [3.05, 3.63) is 53.6 Å². The number of methoxy groups -OCH3 is 1. The fraction of sp³-hybridized carbons (Fsp3) is 0.435. The minimum atomic E-state index is -3.42. The van der Waals surface area contributed by atoms with Crippen molar-refractivity contribution in [2.24, 2.45) is 0 Å². The fourth-order valence-corrected chi connectivity index (χ4v) is 5.04. The van der Waals surface area contributed by atoms with E-state index in [1.165, 1.54) is 0 Å². The second kappa shape index (κ2) is 9.58. The van der Waals surface area contributed by atoms with E-state index >= 15 is 0 Å². The smallest absolute Gasteiger partial charge is 0.229 e.